The van der Waals surface area contributed by atoms with Gasteiger partial charge in [-0.15, -0.1) is 0 Å². The van der Waals surface area contributed by atoms with Crippen molar-refractivity contribution in [3.8, 4) is 0 Å². The molecule has 0 saturated heterocycles. The van der Waals surface area contributed by atoms with Crippen LogP contribution in [-0.4, -0.2) is 38.4 Å². The molecule has 0 radical (unpaired) electrons. The summed E-state index contributed by atoms with van der Waals surface area (Å²) in [6, 6.07) is 6.74. The lowest BCUT2D eigenvalue weighted by Gasteiger charge is -2.06. The van der Waals surface area contributed by atoms with E-state index >= 15 is 0 Å². The van der Waals surface area contributed by atoms with Gasteiger partial charge >= 0.3 is 5.97 Å². The molecular formula is C26H44N2O5S. The molecule has 0 heterocycles. The first-order valence-electron chi connectivity index (χ1n) is 12.8. The van der Waals surface area contributed by atoms with Gasteiger partial charge in [-0.05, 0) is 62.9 Å². The van der Waals surface area contributed by atoms with Gasteiger partial charge in [-0.25, -0.2) is 13.6 Å². The number of hydrogen-bond donors (Lipinski definition) is 3. The van der Waals surface area contributed by atoms with Gasteiger partial charge in [0.05, 0.1) is 4.90 Å². The van der Waals surface area contributed by atoms with Crippen molar-refractivity contribution < 1.29 is 23.1 Å². The lowest BCUT2D eigenvalue weighted by atomic mass is 10.0. The second-order valence-corrected chi connectivity index (χ2v) is 10.7. The van der Waals surface area contributed by atoms with E-state index in [0.29, 0.717) is 25.7 Å². The number of sulfonamides is 1. The number of aliphatic carboxylic acids is 1. The third-order valence-electron chi connectivity index (χ3n) is 6.00. The van der Waals surface area contributed by atoms with Gasteiger partial charge in [-0.3, -0.25) is 9.59 Å². The summed E-state index contributed by atoms with van der Waals surface area (Å²) in [6.45, 7) is 1.89. The quantitative estimate of drug-likeness (QED) is 0.195. The minimum absolute atomic E-state index is 0.152. The Bertz CT molecular complexity index is 794. The second-order valence-electron chi connectivity index (χ2n) is 9.11. The zero-order valence-electron chi connectivity index (χ0n) is 20.6. The number of unbranched alkanes of at least 4 members (excludes halogenated alkanes) is 10. The molecule has 0 unspecified atom stereocenters. The first kappa shape index (κ1) is 30.3. The van der Waals surface area contributed by atoms with Gasteiger partial charge < -0.3 is 10.4 Å². The fourth-order valence-corrected chi connectivity index (χ4v) is 4.43. The lowest BCUT2D eigenvalue weighted by molar-refractivity contribution is -0.137. The molecule has 1 aromatic carbocycles. The van der Waals surface area contributed by atoms with E-state index in [-0.39, 0.29) is 17.1 Å². The largest absolute Gasteiger partial charge is 0.481 e. The van der Waals surface area contributed by atoms with Crippen molar-refractivity contribution in [1.82, 2.24) is 5.32 Å². The Hall–Kier alpha value is -1.77. The summed E-state index contributed by atoms with van der Waals surface area (Å²) >= 11 is 0. The molecule has 8 heteroatoms. The van der Waals surface area contributed by atoms with Gasteiger partial charge in [-0.1, -0.05) is 63.5 Å². The maximum atomic E-state index is 11.7. The summed E-state index contributed by atoms with van der Waals surface area (Å²) in [5.41, 5.74) is 1.10. The summed E-state index contributed by atoms with van der Waals surface area (Å²) in [5, 5.41) is 17.1. The molecule has 0 spiro atoms. The summed E-state index contributed by atoms with van der Waals surface area (Å²) in [7, 11) is -3.62. The van der Waals surface area contributed by atoms with Crippen molar-refractivity contribution >= 4 is 21.8 Å². The number of rotatable bonds is 22. The van der Waals surface area contributed by atoms with Crippen LogP contribution in [0.3, 0.4) is 0 Å². The van der Waals surface area contributed by atoms with E-state index in [0.717, 1.165) is 37.9 Å². The number of nitrogens with two attached hydrogens (primary N) is 1. The summed E-state index contributed by atoms with van der Waals surface area (Å²) in [6.07, 6.45) is 15.5. The molecule has 0 atom stereocenters. The van der Waals surface area contributed by atoms with E-state index in [9.17, 15) is 18.0 Å². The Morgan fingerprint density at radius 1 is 0.706 bits per heavy atom. The molecule has 0 aliphatic heterocycles. The lowest BCUT2D eigenvalue weighted by Crippen LogP contribution is -2.18. The van der Waals surface area contributed by atoms with Crippen LogP contribution in [0, 0.1) is 0 Å². The highest BCUT2D eigenvalue weighted by molar-refractivity contribution is 7.89. The summed E-state index contributed by atoms with van der Waals surface area (Å²) < 4.78 is 22.5. The van der Waals surface area contributed by atoms with E-state index in [1.54, 1.807) is 12.1 Å². The van der Waals surface area contributed by atoms with Crippen molar-refractivity contribution in [3.63, 3.8) is 0 Å². The number of primary sulfonamides is 1. The molecule has 1 aromatic rings. The first-order valence-corrected chi connectivity index (χ1v) is 14.4. The van der Waals surface area contributed by atoms with Gasteiger partial charge in [0.1, 0.15) is 5.78 Å². The van der Waals surface area contributed by atoms with Crippen molar-refractivity contribution in [2.45, 2.75) is 108 Å². The summed E-state index contributed by atoms with van der Waals surface area (Å²) in [5.74, 6) is -0.509. The van der Waals surface area contributed by atoms with E-state index in [4.69, 9.17) is 10.2 Å². The zero-order chi connectivity index (χ0) is 25.1. The van der Waals surface area contributed by atoms with Crippen LogP contribution in [0.5, 0.6) is 0 Å². The third kappa shape index (κ3) is 16.8. The van der Waals surface area contributed by atoms with Gasteiger partial charge in [0.15, 0.2) is 0 Å². The van der Waals surface area contributed by atoms with Gasteiger partial charge in [0.2, 0.25) is 10.0 Å². The van der Waals surface area contributed by atoms with E-state index in [1.165, 1.54) is 51.4 Å². The highest BCUT2D eigenvalue weighted by Gasteiger charge is 2.06. The topological polar surface area (TPSA) is 127 Å². The van der Waals surface area contributed by atoms with Gasteiger partial charge in [0, 0.05) is 19.3 Å². The molecule has 0 fully saturated rings. The monoisotopic (exact) mass is 496 g/mol. The fraction of sp³-hybridized carbons (Fsp3) is 0.692. The molecular weight excluding hydrogens is 452 g/mol. The molecule has 4 N–H and O–H groups in total. The van der Waals surface area contributed by atoms with Crippen LogP contribution in [-0.2, 0) is 26.0 Å². The maximum absolute atomic E-state index is 11.7. The predicted molar refractivity (Wildman–Crippen MR) is 136 cm³/mol. The Morgan fingerprint density at radius 2 is 1.18 bits per heavy atom. The Kier molecular flexibility index (Phi) is 16.5. The molecule has 0 amide bonds. The zero-order valence-corrected chi connectivity index (χ0v) is 21.4. The van der Waals surface area contributed by atoms with Crippen LogP contribution in [0.15, 0.2) is 29.2 Å². The predicted octanol–water partition coefficient (Wildman–Crippen LogP) is 4.97. The number of carbonyl (C=O) groups excluding carboxylic acids is 1. The van der Waals surface area contributed by atoms with Crippen LogP contribution in [0.1, 0.15) is 102 Å². The number of carboxylic acids is 1. The van der Waals surface area contributed by atoms with E-state index < -0.39 is 16.0 Å². The molecule has 7 nitrogen and oxygen atoms in total. The number of carbonyl (C=O) groups is 2. The highest BCUT2D eigenvalue weighted by Crippen LogP contribution is 2.13. The van der Waals surface area contributed by atoms with Crippen LogP contribution >= 0.6 is 0 Å². The van der Waals surface area contributed by atoms with Crippen molar-refractivity contribution in [1.29, 1.82) is 0 Å². The number of nitrogens with one attached hydrogen (secondary N) is 1. The Balaban J connectivity index is 1.82. The normalized spacial score (nSPS) is 11.6. The summed E-state index contributed by atoms with van der Waals surface area (Å²) in [4.78, 5) is 22.3. The number of carboxylic acid groups (broad SMARTS) is 1. The van der Waals surface area contributed by atoms with Gasteiger partial charge in [0.25, 0.3) is 0 Å². The number of Topliss-reactive ketones (excluding diaryl/α,β-unsaturated/α-hetero) is 1. The molecule has 194 valence electrons. The first-order chi connectivity index (χ1) is 16.3. The molecule has 0 aliphatic rings. The van der Waals surface area contributed by atoms with Gasteiger partial charge in [-0.2, -0.15) is 0 Å². The fourth-order valence-electron chi connectivity index (χ4n) is 3.91. The van der Waals surface area contributed by atoms with Crippen LogP contribution in [0.25, 0.3) is 0 Å². The number of ketones is 1. The Morgan fingerprint density at radius 3 is 1.71 bits per heavy atom. The number of benzene rings is 1. The van der Waals surface area contributed by atoms with Crippen molar-refractivity contribution in [2.24, 2.45) is 5.14 Å². The van der Waals surface area contributed by atoms with Crippen LogP contribution in [0.2, 0.25) is 0 Å². The molecule has 0 aliphatic carbocycles. The average Bonchev–Trinajstić information content (AvgIpc) is 2.79. The number of hydrogen-bond acceptors (Lipinski definition) is 5. The van der Waals surface area contributed by atoms with Crippen molar-refractivity contribution in [2.75, 3.05) is 13.1 Å². The SMILES string of the molecule is NS(=O)(=O)c1ccc(CCNCCCCCCCCCCCCC(=O)CCCCC(=O)O)cc1. The Labute approximate surface area is 205 Å². The standard InChI is InChI=1S/C26H44N2O5S/c27-34(32,33)25-18-16-23(17-19-25)20-22-28-21-12-8-6-4-2-1-3-5-7-9-13-24(29)14-10-11-15-26(30)31/h16-19,28H,1-15,20-22H2,(H,30,31)(H2,27,32,33). The second kappa shape index (κ2) is 18.5. The molecule has 0 bridgehead atoms. The molecule has 1 rings (SSSR count). The van der Waals surface area contributed by atoms with Crippen molar-refractivity contribution in [3.05, 3.63) is 29.8 Å². The molecule has 0 saturated carbocycles. The van der Waals surface area contributed by atoms with E-state index in [2.05, 4.69) is 5.32 Å². The minimum Gasteiger partial charge on any atom is -0.481 e. The minimum atomic E-state index is -3.62. The smallest absolute Gasteiger partial charge is 0.303 e. The third-order valence-corrected chi connectivity index (χ3v) is 6.93. The van der Waals surface area contributed by atoms with E-state index in [1.807, 2.05) is 12.1 Å². The molecule has 34 heavy (non-hydrogen) atoms. The maximum Gasteiger partial charge on any atom is 0.303 e. The van der Waals surface area contributed by atoms with Crippen LogP contribution < -0.4 is 10.5 Å². The van der Waals surface area contributed by atoms with Crippen LogP contribution in [0.4, 0.5) is 0 Å². The highest BCUT2D eigenvalue weighted by atomic mass is 32.2. The molecule has 0 aromatic heterocycles. The average molecular weight is 497 g/mol.